The number of rotatable bonds is 3. The van der Waals surface area contributed by atoms with Gasteiger partial charge in [-0.25, -0.2) is 9.97 Å². The molecule has 0 aliphatic heterocycles. The van der Waals surface area contributed by atoms with E-state index in [1.807, 2.05) is 24.3 Å². The van der Waals surface area contributed by atoms with Gasteiger partial charge in [-0.3, -0.25) is 0 Å². The maximum absolute atomic E-state index is 9.95. The fourth-order valence-corrected chi connectivity index (χ4v) is 2.39. The minimum Gasteiger partial charge on any atom is -0.387 e. The molecule has 3 nitrogen and oxygen atoms in total. The molecule has 2 aromatic rings. The fourth-order valence-electron chi connectivity index (χ4n) is 2.15. The summed E-state index contributed by atoms with van der Waals surface area (Å²) in [4.78, 5) is 8.95. The molecule has 1 saturated carbocycles. The molecule has 1 aromatic carbocycles. The van der Waals surface area contributed by atoms with E-state index >= 15 is 0 Å². The minimum absolute atomic E-state index is 0.470. The van der Waals surface area contributed by atoms with E-state index in [9.17, 15) is 5.11 Å². The number of aliphatic hydroxyl groups is 1. The Hall–Kier alpha value is -1.45. The summed E-state index contributed by atoms with van der Waals surface area (Å²) in [6, 6.07) is 7.55. The van der Waals surface area contributed by atoms with E-state index in [0.717, 1.165) is 29.8 Å². The Morgan fingerprint density at radius 3 is 2.63 bits per heavy atom. The summed E-state index contributed by atoms with van der Waals surface area (Å²) in [5, 5.41) is 10.6. The van der Waals surface area contributed by atoms with E-state index in [-0.39, 0.29) is 0 Å². The molecule has 0 radical (unpaired) electrons. The first-order valence-electron chi connectivity index (χ1n) is 6.46. The molecule has 1 heterocycles. The van der Waals surface area contributed by atoms with E-state index in [4.69, 9.17) is 11.6 Å². The third-order valence-electron chi connectivity index (χ3n) is 3.34. The number of halogens is 1. The molecule has 1 unspecified atom stereocenters. The van der Waals surface area contributed by atoms with Crippen LogP contribution in [0.2, 0.25) is 5.02 Å². The molecule has 3 rings (SSSR count). The van der Waals surface area contributed by atoms with E-state index in [0.29, 0.717) is 16.6 Å². The number of aromatic nitrogens is 2. The van der Waals surface area contributed by atoms with Crippen LogP contribution < -0.4 is 0 Å². The SMILES string of the molecule is CC(O)c1nc(C2CC2)ncc1-c1ccccc1Cl. The Labute approximate surface area is 117 Å². The number of benzene rings is 1. The Bertz CT molecular complexity index is 609. The smallest absolute Gasteiger partial charge is 0.131 e. The van der Waals surface area contributed by atoms with Crippen LogP contribution in [-0.4, -0.2) is 15.1 Å². The second-order valence-electron chi connectivity index (χ2n) is 4.96. The highest BCUT2D eigenvalue weighted by Crippen LogP contribution is 2.39. The van der Waals surface area contributed by atoms with Crippen molar-refractivity contribution < 1.29 is 5.11 Å². The Kier molecular flexibility index (Phi) is 3.25. The second-order valence-corrected chi connectivity index (χ2v) is 5.36. The molecule has 19 heavy (non-hydrogen) atoms. The summed E-state index contributed by atoms with van der Waals surface area (Å²) >= 11 is 6.21. The number of hydrogen-bond acceptors (Lipinski definition) is 3. The highest BCUT2D eigenvalue weighted by Gasteiger charge is 2.28. The van der Waals surface area contributed by atoms with E-state index < -0.39 is 6.10 Å². The molecule has 1 fully saturated rings. The van der Waals surface area contributed by atoms with Gasteiger partial charge in [0.15, 0.2) is 0 Å². The van der Waals surface area contributed by atoms with Crippen LogP contribution in [0.3, 0.4) is 0 Å². The maximum Gasteiger partial charge on any atom is 0.131 e. The van der Waals surface area contributed by atoms with Crippen LogP contribution in [-0.2, 0) is 0 Å². The van der Waals surface area contributed by atoms with Crippen LogP contribution in [0.15, 0.2) is 30.5 Å². The Morgan fingerprint density at radius 1 is 1.26 bits per heavy atom. The van der Waals surface area contributed by atoms with Crippen molar-refractivity contribution in [1.29, 1.82) is 0 Å². The van der Waals surface area contributed by atoms with E-state index in [1.165, 1.54) is 0 Å². The van der Waals surface area contributed by atoms with Crippen LogP contribution >= 0.6 is 11.6 Å². The zero-order chi connectivity index (χ0) is 13.4. The maximum atomic E-state index is 9.95. The molecular formula is C15H15ClN2O. The molecule has 0 saturated heterocycles. The average molecular weight is 275 g/mol. The van der Waals surface area contributed by atoms with Gasteiger partial charge in [0.2, 0.25) is 0 Å². The summed E-state index contributed by atoms with van der Waals surface area (Å²) in [6.07, 6.45) is 3.44. The van der Waals surface area contributed by atoms with Crippen molar-refractivity contribution in [3.05, 3.63) is 47.0 Å². The van der Waals surface area contributed by atoms with Gasteiger partial charge in [-0.1, -0.05) is 29.8 Å². The van der Waals surface area contributed by atoms with Crippen molar-refractivity contribution >= 4 is 11.6 Å². The third kappa shape index (κ3) is 2.48. The summed E-state index contributed by atoms with van der Waals surface area (Å²) < 4.78 is 0. The lowest BCUT2D eigenvalue weighted by Gasteiger charge is -2.13. The molecule has 1 aliphatic carbocycles. The summed E-state index contributed by atoms with van der Waals surface area (Å²) in [7, 11) is 0. The summed E-state index contributed by atoms with van der Waals surface area (Å²) in [5.74, 6) is 1.31. The van der Waals surface area contributed by atoms with Crippen LogP contribution in [0.1, 0.15) is 43.3 Å². The predicted molar refractivity (Wildman–Crippen MR) is 75.1 cm³/mol. The molecule has 4 heteroatoms. The average Bonchev–Trinajstić information content (AvgIpc) is 3.23. The van der Waals surface area contributed by atoms with Gasteiger partial charge >= 0.3 is 0 Å². The monoisotopic (exact) mass is 274 g/mol. The van der Waals surface area contributed by atoms with Crippen LogP contribution in [0, 0.1) is 0 Å². The number of hydrogen-bond donors (Lipinski definition) is 1. The molecule has 1 N–H and O–H groups in total. The van der Waals surface area contributed by atoms with Gasteiger partial charge in [0, 0.05) is 28.3 Å². The van der Waals surface area contributed by atoms with Crippen LogP contribution in [0.4, 0.5) is 0 Å². The summed E-state index contributed by atoms with van der Waals surface area (Å²) in [5.41, 5.74) is 2.33. The quantitative estimate of drug-likeness (QED) is 0.928. The molecule has 0 amide bonds. The van der Waals surface area contributed by atoms with Crippen LogP contribution in [0.25, 0.3) is 11.1 Å². The highest BCUT2D eigenvalue weighted by molar-refractivity contribution is 6.33. The van der Waals surface area contributed by atoms with Crippen molar-refractivity contribution in [3.63, 3.8) is 0 Å². The second kappa shape index (κ2) is 4.91. The van der Waals surface area contributed by atoms with Crippen molar-refractivity contribution in [2.45, 2.75) is 31.8 Å². The van der Waals surface area contributed by atoms with Gasteiger partial charge in [0.05, 0.1) is 11.8 Å². The lowest BCUT2D eigenvalue weighted by Crippen LogP contribution is -2.04. The summed E-state index contributed by atoms with van der Waals surface area (Å²) in [6.45, 7) is 1.72. The third-order valence-corrected chi connectivity index (χ3v) is 3.67. The molecule has 1 aromatic heterocycles. The van der Waals surface area contributed by atoms with Gasteiger partial charge in [-0.05, 0) is 25.8 Å². The number of nitrogens with zero attached hydrogens (tertiary/aromatic N) is 2. The topological polar surface area (TPSA) is 46.0 Å². The van der Waals surface area contributed by atoms with Crippen LogP contribution in [0.5, 0.6) is 0 Å². The van der Waals surface area contributed by atoms with Gasteiger partial charge in [0.1, 0.15) is 5.82 Å². The predicted octanol–water partition coefficient (Wildman–Crippen LogP) is 3.73. The van der Waals surface area contributed by atoms with E-state index in [2.05, 4.69) is 9.97 Å². The van der Waals surface area contributed by atoms with Crippen molar-refractivity contribution in [1.82, 2.24) is 9.97 Å². The van der Waals surface area contributed by atoms with Gasteiger partial charge < -0.3 is 5.11 Å². The molecule has 0 bridgehead atoms. The lowest BCUT2D eigenvalue weighted by atomic mass is 10.0. The van der Waals surface area contributed by atoms with Gasteiger partial charge in [0.25, 0.3) is 0 Å². The molecule has 1 aliphatic rings. The lowest BCUT2D eigenvalue weighted by molar-refractivity contribution is 0.194. The zero-order valence-electron chi connectivity index (χ0n) is 10.7. The minimum atomic E-state index is -0.633. The fraction of sp³-hybridized carbons (Fsp3) is 0.333. The van der Waals surface area contributed by atoms with Crippen molar-refractivity contribution in [2.75, 3.05) is 0 Å². The molecule has 98 valence electrons. The van der Waals surface area contributed by atoms with Crippen molar-refractivity contribution in [2.24, 2.45) is 0 Å². The zero-order valence-corrected chi connectivity index (χ0v) is 11.4. The van der Waals surface area contributed by atoms with E-state index in [1.54, 1.807) is 13.1 Å². The first-order valence-corrected chi connectivity index (χ1v) is 6.84. The first kappa shape index (κ1) is 12.6. The standard InChI is InChI=1S/C15H15ClN2O/c1-9(19)14-12(11-4-2-3-5-13(11)16)8-17-15(18-14)10-6-7-10/h2-5,8-10,19H,6-7H2,1H3. The molecule has 0 spiro atoms. The molecule has 1 atom stereocenters. The Morgan fingerprint density at radius 2 is 2.00 bits per heavy atom. The normalized spacial score (nSPS) is 16.4. The van der Waals surface area contributed by atoms with Crippen molar-refractivity contribution in [3.8, 4) is 11.1 Å². The number of aliphatic hydroxyl groups excluding tert-OH is 1. The van der Waals surface area contributed by atoms with Gasteiger partial charge in [-0.2, -0.15) is 0 Å². The molecular weight excluding hydrogens is 260 g/mol. The highest BCUT2D eigenvalue weighted by atomic mass is 35.5. The first-order chi connectivity index (χ1) is 9.16. The Balaban J connectivity index is 2.12. The largest absolute Gasteiger partial charge is 0.387 e. The van der Waals surface area contributed by atoms with Gasteiger partial charge in [-0.15, -0.1) is 0 Å².